The molecular weight excluding hydrogens is 319 g/mol. The highest BCUT2D eigenvalue weighted by molar-refractivity contribution is 7.89. The molecular formula is C24H26P+. The Morgan fingerprint density at radius 2 is 1.36 bits per heavy atom. The van der Waals surface area contributed by atoms with Crippen LogP contribution in [0.5, 0.6) is 0 Å². The largest absolute Gasteiger partial charge is 0.0998 e. The smallest absolute Gasteiger partial charge is 0.0881 e. The van der Waals surface area contributed by atoms with E-state index in [0.717, 1.165) is 12.3 Å². The molecule has 0 atom stereocenters. The number of aryl methyl sites for hydroxylation is 1. The molecule has 0 unspecified atom stereocenters. The molecule has 0 aliphatic heterocycles. The highest BCUT2D eigenvalue weighted by Crippen LogP contribution is 2.59. The summed E-state index contributed by atoms with van der Waals surface area (Å²) >= 11 is 0. The molecule has 0 nitrogen and oxygen atoms in total. The van der Waals surface area contributed by atoms with Crippen molar-refractivity contribution in [1.82, 2.24) is 0 Å². The van der Waals surface area contributed by atoms with E-state index in [4.69, 9.17) is 0 Å². The number of hydrogen-bond acceptors (Lipinski definition) is 0. The molecule has 25 heavy (non-hydrogen) atoms. The molecule has 0 spiro atoms. The maximum atomic E-state index is 2.35. The summed E-state index contributed by atoms with van der Waals surface area (Å²) in [6.45, 7) is 4.30. The molecule has 0 heterocycles. The van der Waals surface area contributed by atoms with E-state index >= 15 is 0 Å². The number of benzene rings is 3. The van der Waals surface area contributed by atoms with Crippen molar-refractivity contribution >= 4 is 17.9 Å². The fraction of sp³-hybridized carbons (Fsp3) is 0.167. The van der Waals surface area contributed by atoms with Crippen molar-refractivity contribution < 1.29 is 0 Å². The van der Waals surface area contributed by atoms with E-state index in [1.165, 1.54) is 21.7 Å². The highest BCUT2D eigenvalue weighted by Gasteiger charge is 2.41. The first-order chi connectivity index (χ1) is 12.2. The van der Waals surface area contributed by atoms with Gasteiger partial charge < -0.3 is 0 Å². The summed E-state index contributed by atoms with van der Waals surface area (Å²) in [7, 11) is -1.55. The van der Waals surface area contributed by atoms with Gasteiger partial charge in [-0.2, -0.15) is 0 Å². The zero-order chi connectivity index (χ0) is 17.5. The fourth-order valence-corrected chi connectivity index (χ4v) is 7.53. The Morgan fingerprint density at radius 3 is 1.88 bits per heavy atom. The van der Waals surface area contributed by atoms with Crippen LogP contribution in [0.1, 0.15) is 18.1 Å². The van der Waals surface area contributed by atoms with Gasteiger partial charge in [-0.25, -0.2) is 0 Å². The van der Waals surface area contributed by atoms with Crippen LogP contribution in [0, 0.1) is 6.92 Å². The van der Waals surface area contributed by atoms with Gasteiger partial charge in [0.1, 0.15) is 0 Å². The lowest BCUT2D eigenvalue weighted by atomic mass is 10.2. The molecule has 0 bridgehead atoms. The minimum Gasteiger partial charge on any atom is -0.0881 e. The normalized spacial score (nSPS) is 11.8. The van der Waals surface area contributed by atoms with Crippen molar-refractivity contribution in [2.45, 2.75) is 20.0 Å². The topological polar surface area (TPSA) is 0 Å². The number of rotatable bonds is 6. The summed E-state index contributed by atoms with van der Waals surface area (Å²) in [5, 5.41) is 2.97. The maximum absolute atomic E-state index is 2.35. The van der Waals surface area contributed by atoms with Gasteiger partial charge in [-0.15, -0.1) is 0 Å². The molecule has 0 saturated carbocycles. The molecule has 126 valence electrons. The Bertz CT molecular complexity index is 779. The summed E-state index contributed by atoms with van der Waals surface area (Å²) in [6.07, 6.45) is 6.75. The van der Waals surface area contributed by atoms with E-state index in [1.54, 1.807) is 0 Å². The van der Waals surface area contributed by atoms with Gasteiger partial charge in [-0.05, 0) is 43.7 Å². The quantitative estimate of drug-likeness (QED) is 0.395. The molecule has 3 rings (SSSR count). The molecule has 0 aliphatic carbocycles. The van der Waals surface area contributed by atoms with Crippen molar-refractivity contribution in [1.29, 1.82) is 0 Å². The molecule has 0 amide bonds. The second-order valence-corrected chi connectivity index (χ2v) is 10.2. The van der Waals surface area contributed by atoms with E-state index in [-0.39, 0.29) is 0 Å². The summed E-state index contributed by atoms with van der Waals surface area (Å²) in [5.41, 5.74) is 2.77. The lowest BCUT2D eigenvalue weighted by Crippen LogP contribution is -2.26. The van der Waals surface area contributed by atoms with Crippen LogP contribution in [0.3, 0.4) is 0 Å². The average Bonchev–Trinajstić information content (AvgIpc) is 2.67. The van der Waals surface area contributed by atoms with Crippen molar-refractivity contribution in [3.05, 3.63) is 108 Å². The van der Waals surface area contributed by atoms with Crippen LogP contribution < -0.4 is 10.6 Å². The molecule has 0 radical (unpaired) electrons. The van der Waals surface area contributed by atoms with Gasteiger partial charge in [0.15, 0.2) is 0 Å². The maximum Gasteiger partial charge on any atom is 0.0998 e. The second-order valence-electron chi connectivity index (χ2n) is 6.54. The minimum absolute atomic E-state index is 1.10. The van der Waals surface area contributed by atoms with Crippen LogP contribution in [-0.4, -0.2) is 6.16 Å². The zero-order valence-corrected chi connectivity index (χ0v) is 16.0. The minimum atomic E-state index is -1.55. The Balaban J connectivity index is 2.17. The first-order valence-corrected chi connectivity index (χ1v) is 11.1. The second kappa shape index (κ2) is 8.28. The van der Waals surface area contributed by atoms with Crippen LogP contribution in [0.2, 0.25) is 0 Å². The van der Waals surface area contributed by atoms with Crippen molar-refractivity contribution in [2.24, 2.45) is 0 Å². The first kappa shape index (κ1) is 17.6. The molecule has 1 heteroatoms. The highest BCUT2D eigenvalue weighted by atomic mass is 31.2. The lowest BCUT2D eigenvalue weighted by Gasteiger charge is -2.27. The van der Waals surface area contributed by atoms with Crippen molar-refractivity contribution in [3.8, 4) is 0 Å². The monoisotopic (exact) mass is 345 g/mol. The predicted molar refractivity (Wildman–Crippen MR) is 114 cm³/mol. The summed E-state index contributed by atoms with van der Waals surface area (Å²) in [5.74, 6) is 0. The first-order valence-electron chi connectivity index (χ1n) is 8.89. The van der Waals surface area contributed by atoms with Crippen molar-refractivity contribution in [3.63, 3.8) is 0 Å². The number of allylic oxidation sites excluding steroid dienone is 2. The molecule has 0 N–H and O–H groups in total. The Labute approximate surface area is 152 Å². The Kier molecular flexibility index (Phi) is 5.84. The summed E-state index contributed by atoms with van der Waals surface area (Å²) in [4.78, 5) is 0. The van der Waals surface area contributed by atoms with Gasteiger partial charge in [0.2, 0.25) is 0 Å². The van der Waals surface area contributed by atoms with Crippen LogP contribution >= 0.6 is 7.26 Å². The Hall–Kier alpha value is -2.17. The van der Waals surface area contributed by atoms with E-state index in [1.807, 2.05) is 0 Å². The lowest BCUT2D eigenvalue weighted by molar-refractivity contribution is 1.33. The van der Waals surface area contributed by atoms with E-state index in [0.29, 0.717) is 0 Å². The third-order valence-corrected chi connectivity index (χ3v) is 9.00. The predicted octanol–water partition coefficient (Wildman–Crippen LogP) is 5.74. The molecule has 0 aliphatic rings. The van der Waals surface area contributed by atoms with E-state index < -0.39 is 7.26 Å². The average molecular weight is 345 g/mol. The van der Waals surface area contributed by atoms with Crippen LogP contribution in [0.25, 0.3) is 0 Å². The Morgan fingerprint density at radius 1 is 0.760 bits per heavy atom. The molecule has 0 aromatic heterocycles. The fourth-order valence-electron chi connectivity index (χ4n) is 3.44. The van der Waals surface area contributed by atoms with Crippen LogP contribution in [-0.2, 0) is 6.16 Å². The van der Waals surface area contributed by atoms with Gasteiger partial charge in [0.05, 0.1) is 30.2 Å². The zero-order valence-electron chi connectivity index (χ0n) is 15.1. The SMILES string of the molecule is C/C=C/C[P+](Cc1cccc(C)c1)(c1ccccc1)c1ccccc1. The van der Waals surface area contributed by atoms with Gasteiger partial charge >= 0.3 is 0 Å². The van der Waals surface area contributed by atoms with Crippen molar-refractivity contribution in [2.75, 3.05) is 6.16 Å². The third-order valence-electron chi connectivity index (χ3n) is 4.69. The van der Waals surface area contributed by atoms with Gasteiger partial charge in [-0.1, -0.05) is 78.4 Å². The van der Waals surface area contributed by atoms with Crippen LogP contribution in [0.4, 0.5) is 0 Å². The van der Waals surface area contributed by atoms with E-state index in [2.05, 4.69) is 111 Å². The molecule has 0 fully saturated rings. The molecule has 3 aromatic rings. The summed E-state index contributed by atoms with van der Waals surface area (Å²) < 4.78 is 0. The van der Waals surface area contributed by atoms with Gasteiger partial charge in [0.25, 0.3) is 0 Å². The van der Waals surface area contributed by atoms with Gasteiger partial charge in [-0.3, -0.25) is 0 Å². The van der Waals surface area contributed by atoms with E-state index in [9.17, 15) is 0 Å². The molecule has 3 aromatic carbocycles. The van der Waals surface area contributed by atoms with Crippen LogP contribution in [0.15, 0.2) is 97.1 Å². The summed E-state index contributed by atoms with van der Waals surface area (Å²) in [6, 6.07) is 31.2. The standard InChI is InChI=1S/C24H26P/c1-3-4-18-25(23-14-7-5-8-15-23,24-16-9-6-10-17-24)20-22-13-11-12-21(2)19-22/h3-17,19H,18,20H2,1-2H3/q+1/b4-3+. The molecule has 0 saturated heterocycles. The number of hydrogen-bond donors (Lipinski definition) is 0. The third kappa shape index (κ3) is 4.09. The van der Waals surface area contributed by atoms with Gasteiger partial charge in [0, 0.05) is 0 Å².